The minimum Gasteiger partial charge on any atom is -0.490 e. The van der Waals surface area contributed by atoms with E-state index in [2.05, 4.69) is 21.2 Å². The summed E-state index contributed by atoms with van der Waals surface area (Å²) in [5.74, 6) is 0.726. The first kappa shape index (κ1) is 22.5. The summed E-state index contributed by atoms with van der Waals surface area (Å²) in [7, 11) is 0. The fraction of sp³-hybridized carbons (Fsp3) is 0.304. The molecule has 0 saturated carbocycles. The van der Waals surface area contributed by atoms with Crippen molar-refractivity contribution < 1.29 is 14.3 Å². The predicted octanol–water partition coefficient (Wildman–Crippen LogP) is 5.80. The minimum atomic E-state index is -0.453. The largest absolute Gasteiger partial charge is 0.490 e. The third-order valence-corrected chi connectivity index (χ3v) is 4.77. The Balaban J connectivity index is 2.36. The van der Waals surface area contributed by atoms with E-state index in [-0.39, 0.29) is 5.57 Å². The Morgan fingerprint density at radius 3 is 2.48 bits per heavy atom. The van der Waals surface area contributed by atoms with Gasteiger partial charge >= 0.3 is 0 Å². The van der Waals surface area contributed by atoms with Crippen LogP contribution < -0.4 is 14.8 Å². The maximum atomic E-state index is 12.7. The number of ether oxygens (including phenoxy) is 2. The number of rotatable bonds is 8. The van der Waals surface area contributed by atoms with Crippen molar-refractivity contribution in [3.8, 4) is 17.6 Å². The van der Waals surface area contributed by atoms with E-state index in [0.717, 1.165) is 23.2 Å². The number of hydrogen-bond donors (Lipinski definition) is 1. The monoisotopic (exact) mass is 456 g/mol. The third kappa shape index (κ3) is 5.85. The molecule has 0 aliphatic rings. The van der Waals surface area contributed by atoms with Gasteiger partial charge in [0.05, 0.1) is 17.7 Å². The van der Waals surface area contributed by atoms with Crippen LogP contribution in [0, 0.1) is 25.2 Å². The van der Waals surface area contributed by atoms with E-state index >= 15 is 0 Å². The van der Waals surface area contributed by atoms with Crippen LogP contribution in [0.25, 0.3) is 6.08 Å². The second-order valence-corrected chi connectivity index (χ2v) is 7.36. The number of amides is 1. The molecule has 0 aliphatic carbocycles. The van der Waals surface area contributed by atoms with Crippen molar-refractivity contribution in [3.63, 3.8) is 0 Å². The van der Waals surface area contributed by atoms with Gasteiger partial charge in [-0.2, -0.15) is 5.26 Å². The van der Waals surface area contributed by atoms with Crippen LogP contribution in [0.1, 0.15) is 37.0 Å². The summed E-state index contributed by atoms with van der Waals surface area (Å²) in [5, 5.41) is 12.4. The number of nitrogens with one attached hydrogen (secondary N) is 1. The normalized spacial score (nSPS) is 11.0. The lowest BCUT2D eigenvalue weighted by molar-refractivity contribution is -0.112. The van der Waals surface area contributed by atoms with Gasteiger partial charge in [-0.05, 0) is 78.0 Å². The van der Waals surface area contributed by atoms with E-state index in [1.54, 1.807) is 18.2 Å². The minimum absolute atomic E-state index is 0.00391. The van der Waals surface area contributed by atoms with E-state index < -0.39 is 5.91 Å². The van der Waals surface area contributed by atoms with E-state index in [1.165, 1.54) is 0 Å². The molecule has 0 fully saturated rings. The molecule has 2 aromatic carbocycles. The molecule has 0 aliphatic heterocycles. The molecule has 6 heteroatoms. The van der Waals surface area contributed by atoms with Gasteiger partial charge in [0, 0.05) is 5.69 Å². The lowest BCUT2D eigenvalue weighted by Gasteiger charge is -2.14. The van der Waals surface area contributed by atoms with Crippen LogP contribution in [0.3, 0.4) is 0 Å². The molecule has 0 heterocycles. The number of anilines is 1. The van der Waals surface area contributed by atoms with Gasteiger partial charge in [-0.15, -0.1) is 0 Å². The summed E-state index contributed by atoms with van der Waals surface area (Å²) in [6, 6.07) is 11.3. The van der Waals surface area contributed by atoms with Gasteiger partial charge in [0.25, 0.3) is 5.91 Å². The molecule has 2 aromatic rings. The van der Waals surface area contributed by atoms with Gasteiger partial charge in [-0.25, -0.2) is 0 Å². The Morgan fingerprint density at radius 2 is 1.90 bits per heavy atom. The van der Waals surface area contributed by atoms with Gasteiger partial charge in [0.15, 0.2) is 11.5 Å². The zero-order chi connectivity index (χ0) is 21.4. The first-order chi connectivity index (χ1) is 13.9. The summed E-state index contributed by atoms with van der Waals surface area (Å²) in [4.78, 5) is 12.7. The highest BCUT2D eigenvalue weighted by Crippen LogP contribution is 2.37. The number of nitriles is 1. The molecule has 29 heavy (non-hydrogen) atoms. The molecule has 0 atom stereocenters. The van der Waals surface area contributed by atoms with Crippen molar-refractivity contribution in [1.29, 1.82) is 5.26 Å². The molecule has 1 amide bonds. The first-order valence-electron chi connectivity index (χ1n) is 9.49. The zero-order valence-corrected chi connectivity index (χ0v) is 18.7. The number of carbonyl (C=O) groups excluding carboxylic acids is 1. The summed E-state index contributed by atoms with van der Waals surface area (Å²) in [6.45, 7) is 8.78. The third-order valence-electron chi connectivity index (χ3n) is 4.18. The van der Waals surface area contributed by atoms with Crippen molar-refractivity contribution in [3.05, 3.63) is 57.1 Å². The van der Waals surface area contributed by atoms with Gasteiger partial charge in [0.1, 0.15) is 11.6 Å². The summed E-state index contributed by atoms with van der Waals surface area (Å²) in [5.41, 5.74) is 3.27. The standard InChI is InChI=1S/C23H25BrN2O3/c1-5-10-29-22-19(24)12-17(13-20(22)28-6-2)11-18(14-25)23(27)26-21-15(3)8-7-9-16(21)4/h7-9,11-13H,5-6,10H2,1-4H3,(H,26,27)/b18-11-. The number of carbonyl (C=O) groups is 1. The smallest absolute Gasteiger partial charge is 0.266 e. The molecule has 0 bridgehead atoms. The Kier molecular flexibility index (Phi) is 8.29. The van der Waals surface area contributed by atoms with Crippen LogP contribution in [0.4, 0.5) is 5.69 Å². The first-order valence-corrected chi connectivity index (χ1v) is 10.3. The Morgan fingerprint density at radius 1 is 1.21 bits per heavy atom. The Hall–Kier alpha value is -2.78. The number of nitrogens with zero attached hydrogens (tertiary/aromatic N) is 1. The van der Waals surface area contributed by atoms with Crippen molar-refractivity contribution >= 4 is 33.6 Å². The van der Waals surface area contributed by atoms with Crippen LogP contribution in [0.15, 0.2) is 40.4 Å². The van der Waals surface area contributed by atoms with E-state index in [9.17, 15) is 10.1 Å². The van der Waals surface area contributed by atoms with Crippen LogP contribution in [0.2, 0.25) is 0 Å². The van der Waals surface area contributed by atoms with Crippen molar-refractivity contribution in [2.45, 2.75) is 34.1 Å². The van der Waals surface area contributed by atoms with Crippen molar-refractivity contribution in [2.24, 2.45) is 0 Å². The highest BCUT2D eigenvalue weighted by molar-refractivity contribution is 9.10. The molecule has 5 nitrogen and oxygen atoms in total. The molecule has 0 radical (unpaired) electrons. The van der Waals surface area contributed by atoms with E-state index in [0.29, 0.717) is 34.7 Å². The molecule has 1 N–H and O–H groups in total. The Labute approximate surface area is 180 Å². The molecule has 0 saturated heterocycles. The summed E-state index contributed by atoms with van der Waals surface area (Å²) in [6.07, 6.45) is 2.41. The molecule has 0 unspecified atom stereocenters. The number of halogens is 1. The second-order valence-electron chi connectivity index (χ2n) is 6.50. The topological polar surface area (TPSA) is 71.3 Å². The van der Waals surface area contributed by atoms with E-state index in [1.807, 2.05) is 52.0 Å². The maximum absolute atomic E-state index is 12.7. The van der Waals surface area contributed by atoms with Crippen LogP contribution >= 0.6 is 15.9 Å². The average molecular weight is 457 g/mol. The van der Waals surface area contributed by atoms with Gasteiger partial charge in [-0.3, -0.25) is 4.79 Å². The van der Waals surface area contributed by atoms with Crippen molar-refractivity contribution in [2.75, 3.05) is 18.5 Å². The zero-order valence-electron chi connectivity index (χ0n) is 17.1. The molecule has 0 spiro atoms. The molecule has 0 aromatic heterocycles. The van der Waals surface area contributed by atoms with Gasteiger partial charge in [0.2, 0.25) is 0 Å². The predicted molar refractivity (Wildman–Crippen MR) is 119 cm³/mol. The molecule has 152 valence electrons. The number of hydrogen-bond acceptors (Lipinski definition) is 4. The van der Waals surface area contributed by atoms with Crippen molar-refractivity contribution in [1.82, 2.24) is 0 Å². The van der Waals surface area contributed by atoms with Crippen LogP contribution in [0.5, 0.6) is 11.5 Å². The average Bonchev–Trinajstić information content (AvgIpc) is 2.68. The molecular formula is C23H25BrN2O3. The summed E-state index contributed by atoms with van der Waals surface area (Å²) >= 11 is 3.50. The van der Waals surface area contributed by atoms with Crippen LogP contribution in [-0.2, 0) is 4.79 Å². The number of benzene rings is 2. The SMILES string of the molecule is CCCOc1c(Br)cc(/C=C(/C#N)C(=O)Nc2c(C)cccc2C)cc1OCC. The fourth-order valence-electron chi connectivity index (χ4n) is 2.79. The lowest BCUT2D eigenvalue weighted by atomic mass is 10.1. The number of para-hydroxylation sites is 1. The molecule has 2 rings (SSSR count). The number of aryl methyl sites for hydroxylation is 2. The fourth-order valence-corrected chi connectivity index (χ4v) is 3.36. The van der Waals surface area contributed by atoms with E-state index in [4.69, 9.17) is 9.47 Å². The summed E-state index contributed by atoms with van der Waals surface area (Å²) < 4.78 is 12.2. The quantitative estimate of drug-likeness (QED) is 0.402. The molecular weight excluding hydrogens is 432 g/mol. The Bertz CT molecular complexity index is 941. The highest BCUT2D eigenvalue weighted by Gasteiger charge is 2.15. The maximum Gasteiger partial charge on any atom is 0.266 e. The highest BCUT2D eigenvalue weighted by atomic mass is 79.9. The van der Waals surface area contributed by atoms with Crippen LogP contribution in [-0.4, -0.2) is 19.1 Å². The lowest BCUT2D eigenvalue weighted by Crippen LogP contribution is -2.15. The van der Waals surface area contributed by atoms with Gasteiger partial charge in [-0.1, -0.05) is 25.1 Å². The second kappa shape index (κ2) is 10.7. The van der Waals surface area contributed by atoms with Gasteiger partial charge < -0.3 is 14.8 Å².